The monoisotopic (exact) mass is 276 g/mol. The average Bonchev–Trinajstić information content (AvgIpc) is 2.35. The van der Waals surface area contributed by atoms with Crippen LogP contribution in [0.1, 0.15) is 38.3 Å². The summed E-state index contributed by atoms with van der Waals surface area (Å²) in [6, 6.07) is 8.21. The summed E-state index contributed by atoms with van der Waals surface area (Å²) in [6.07, 6.45) is 0.337. The lowest BCUT2D eigenvalue weighted by Crippen LogP contribution is -2.35. The summed E-state index contributed by atoms with van der Waals surface area (Å²) >= 11 is 0. The van der Waals surface area contributed by atoms with Crippen LogP contribution in [-0.4, -0.2) is 29.3 Å². The number of hydrogen-bond donors (Lipinski definition) is 1. The van der Waals surface area contributed by atoms with E-state index in [9.17, 15) is 9.59 Å². The third-order valence-corrected chi connectivity index (χ3v) is 3.00. The molecule has 2 amide bonds. The van der Waals surface area contributed by atoms with Crippen LogP contribution in [0.4, 0.5) is 0 Å². The van der Waals surface area contributed by atoms with Gasteiger partial charge in [0, 0.05) is 32.5 Å². The molecule has 1 aromatic rings. The van der Waals surface area contributed by atoms with Gasteiger partial charge in [0.1, 0.15) is 0 Å². The molecular formula is C16H24N2O2. The van der Waals surface area contributed by atoms with Crippen LogP contribution >= 0.6 is 0 Å². The zero-order chi connectivity index (χ0) is 15.1. The number of amides is 2. The number of benzene rings is 1. The summed E-state index contributed by atoms with van der Waals surface area (Å²) in [5, 5.41) is 2.83. The highest BCUT2D eigenvalue weighted by atomic mass is 16.2. The van der Waals surface area contributed by atoms with Gasteiger partial charge in [-0.25, -0.2) is 0 Å². The lowest BCUT2D eigenvalue weighted by Gasteiger charge is -2.21. The van der Waals surface area contributed by atoms with Crippen molar-refractivity contribution in [3.05, 3.63) is 35.4 Å². The zero-order valence-electron chi connectivity index (χ0n) is 12.8. The van der Waals surface area contributed by atoms with E-state index in [4.69, 9.17) is 0 Å². The number of aryl methyl sites for hydroxylation is 1. The molecule has 0 atom stereocenters. The van der Waals surface area contributed by atoms with E-state index < -0.39 is 0 Å². The summed E-state index contributed by atoms with van der Waals surface area (Å²) in [5.41, 5.74) is 2.27. The lowest BCUT2D eigenvalue weighted by atomic mass is 10.1. The van der Waals surface area contributed by atoms with Gasteiger partial charge in [-0.15, -0.1) is 0 Å². The minimum atomic E-state index is -0.0184. The molecule has 0 heterocycles. The third kappa shape index (κ3) is 5.87. The fraction of sp³-hybridized carbons (Fsp3) is 0.500. The summed E-state index contributed by atoms with van der Waals surface area (Å²) in [4.78, 5) is 25.0. The summed E-state index contributed by atoms with van der Waals surface area (Å²) in [5.74, 6) is -0.0296. The molecular weight excluding hydrogens is 252 g/mol. The number of hydrogen-bond acceptors (Lipinski definition) is 2. The lowest BCUT2D eigenvalue weighted by molar-refractivity contribution is -0.130. The fourth-order valence-corrected chi connectivity index (χ4v) is 1.89. The van der Waals surface area contributed by atoms with Crippen molar-refractivity contribution < 1.29 is 9.59 Å². The summed E-state index contributed by atoms with van der Waals surface area (Å²) < 4.78 is 0. The molecule has 0 aliphatic carbocycles. The molecule has 1 N–H and O–H groups in total. The maximum atomic E-state index is 11.6. The van der Waals surface area contributed by atoms with E-state index >= 15 is 0 Å². The topological polar surface area (TPSA) is 49.4 Å². The van der Waals surface area contributed by atoms with Crippen LogP contribution in [0.15, 0.2) is 24.3 Å². The Morgan fingerprint density at radius 1 is 1.20 bits per heavy atom. The molecule has 4 nitrogen and oxygen atoms in total. The Morgan fingerprint density at radius 2 is 1.80 bits per heavy atom. The molecule has 0 fully saturated rings. The van der Waals surface area contributed by atoms with Gasteiger partial charge in [-0.1, -0.05) is 29.8 Å². The van der Waals surface area contributed by atoms with Gasteiger partial charge in [0.25, 0.3) is 0 Å². The van der Waals surface area contributed by atoms with Gasteiger partial charge < -0.3 is 10.2 Å². The Hall–Kier alpha value is -1.84. The summed E-state index contributed by atoms with van der Waals surface area (Å²) in [6.45, 7) is 8.41. The van der Waals surface area contributed by atoms with Crippen molar-refractivity contribution in [3.8, 4) is 0 Å². The molecule has 20 heavy (non-hydrogen) atoms. The Balaban J connectivity index is 2.55. The molecule has 0 aliphatic rings. The molecule has 0 bridgehead atoms. The van der Waals surface area contributed by atoms with Crippen LogP contribution in [0.25, 0.3) is 0 Å². The highest BCUT2D eigenvalue weighted by Crippen LogP contribution is 2.08. The van der Waals surface area contributed by atoms with E-state index in [1.807, 2.05) is 45.0 Å². The largest absolute Gasteiger partial charge is 0.354 e. The standard InChI is InChI=1S/C16H24N2O2/c1-12(2)17-16(20)9-10-18(14(4)19)11-15-7-5-13(3)6-8-15/h5-8,12H,9-11H2,1-4H3,(H,17,20). The maximum Gasteiger partial charge on any atom is 0.221 e. The van der Waals surface area contributed by atoms with Crippen LogP contribution in [0.2, 0.25) is 0 Å². The van der Waals surface area contributed by atoms with Crippen molar-refractivity contribution in [2.45, 2.75) is 46.7 Å². The Bertz CT molecular complexity index is 452. The molecule has 110 valence electrons. The molecule has 4 heteroatoms. The predicted molar refractivity (Wildman–Crippen MR) is 80.2 cm³/mol. The SMILES string of the molecule is CC(=O)N(CCC(=O)NC(C)C)Cc1ccc(C)cc1. The normalized spacial score (nSPS) is 10.4. The second-order valence-corrected chi connectivity index (χ2v) is 5.40. The first kappa shape index (κ1) is 16.2. The predicted octanol–water partition coefficient (Wildman–Crippen LogP) is 2.26. The van der Waals surface area contributed by atoms with Crippen molar-refractivity contribution in [2.24, 2.45) is 0 Å². The Labute approximate surface area is 121 Å². The number of rotatable bonds is 6. The fourth-order valence-electron chi connectivity index (χ4n) is 1.89. The molecule has 0 aliphatic heterocycles. The maximum absolute atomic E-state index is 11.6. The Kier molecular flexibility index (Phi) is 6.22. The first-order valence-corrected chi connectivity index (χ1v) is 6.99. The van der Waals surface area contributed by atoms with E-state index in [0.717, 1.165) is 5.56 Å². The van der Waals surface area contributed by atoms with Crippen LogP contribution in [-0.2, 0) is 16.1 Å². The number of nitrogens with one attached hydrogen (secondary N) is 1. The van der Waals surface area contributed by atoms with Crippen molar-refractivity contribution in [1.82, 2.24) is 10.2 Å². The van der Waals surface area contributed by atoms with E-state index in [1.54, 1.807) is 4.90 Å². The highest BCUT2D eigenvalue weighted by molar-refractivity contribution is 5.78. The van der Waals surface area contributed by atoms with Gasteiger partial charge in [-0.3, -0.25) is 9.59 Å². The third-order valence-electron chi connectivity index (χ3n) is 3.00. The van der Waals surface area contributed by atoms with Crippen LogP contribution in [0.3, 0.4) is 0 Å². The summed E-state index contributed by atoms with van der Waals surface area (Å²) in [7, 11) is 0. The second-order valence-electron chi connectivity index (χ2n) is 5.40. The van der Waals surface area contributed by atoms with Crippen molar-refractivity contribution in [3.63, 3.8) is 0 Å². The molecule has 0 aromatic heterocycles. The van der Waals surface area contributed by atoms with E-state index in [1.165, 1.54) is 12.5 Å². The first-order chi connectivity index (χ1) is 9.38. The van der Waals surface area contributed by atoms with Gasteiger partial charge in [0.05, 0.1) is 0 Å². The van der Waals surface area contributed by atoms with Crippen molar-refractivity contribution in [2.75, 3.05) is 6.54 Å². The van der Waals surface area contributed by atoms with Gasteiger partial charge in [-0.2, -0.15) is 0 Å². The molecule has 1 rings (SSSR count). The molecule has 0 spiro atoms. The number of nitrogens with zero attached hydrogens (tertiary/aromatic N) is 1. The van der Waals surface area contributed by atoms with Crippen molar-refractivity contribution >= 4 is 11.8 Å². The van der Waals surface area contributed by atoms with Crippen molar-refractivity contribution in [1.29, 1.82) is 0 Å². The minimum absolute atomic E-state index is 0.0112. The van der Waals surface area contributed by atoms with E-state index in [-0.39, 0.29) is 17.9 Å². The van der Waals surface area contributed by atoms with Crippen LogP contribution in [0.5, 0.6) is 0 Å². The Morgan fingerprint density at radius 3 is 2.30 bits per heavy atom. The van der Waals surface area contributed by atoms with Gasteiger partial charge in [-0.05, 0) is 26.3 Å². The number of carbonyl (C=O) groups excluding carboxylic acids is 2. The molecule has 1 aromatic carbocycles. The quantitative estimate of drug-likeness (QED) is 0.866. The zero-order valence-corrected chi connectivity index (χ0v) is 12.8. The number of carbonyl (C=O) groups is 2. The minimum Gasteiger partial charge on any atom is -0.354 e. The van der Waals surface area contributed by atoms with Gasteiger partial charge in [0.15, 0.2) is 0 Å². The average molecular weight is 276 g/mol. The van der Waals surface area contributed by atoms with E-state index in [0.29, 0.717) is 19.5 Å². The molecule has 0 unspecified atom stereocenters. The smallest absolute Gasteiger partial charge is 0.221 e. The second kappa shape index (κ2) is 7.68. The van der Waals surface area contributed by atoms with Crippen LogP contribution < -0.4 is 5.32 Å². The molecule has 0 saturated heterocycles. The van der Waals surface area contributed by atoms with E-state index in [2.05, 4.69) is 5.32 Å². The van der Waals surface area contributed by atoms with Crippen LogP contribution in [0, 0.1) is 6.92 Å². The molecule has 0 saturated carbocycles. The highest BCUT2D eigenvalue weighted by Gasteiger charge is 2.12. The van der Waals surface area contributed by atoms with Gasteiger partial charge >= 0.3 is 0 Å². The molecule has 0 radical (unpaired) electrons. The van der Waals surface area contributed by atoms with Gasteiger partial charge in [0.2, 0.25) is 11.8 Å². The first-order valence-electron chi connectivity index (χ1n) is 6.99.